The number of carbonyl (C=O) groups is 2. The van der Waals surface area contributed by atoms with Gasteiger partial charge in [0.1, 0.15) is 17.5 Å². The van der Waals surface area contributed by atoms with Gasteiger partial charge >= 0.3 is 12.2 Å². The number of aliphatic hydroxyl groups is 1. The van der Waals surface area contributed by atoms with Crippen LogP contribution in [-0.2, 0) is 9.47 Å². The van der Waals surface area contributed by atoms with E-state index in [4.69, 9.17) is 9.47 Å². The second-order valence-electron chi connectivity index (χ2n) is 8.63. The summed E-state index contributed by atoms with van der Waals surface area (Å²) in [6.07, 6.45) is 0.779. The molecule has 0 aliphatic rings. The van der Waals surface area contributed by atoms with Crippen molar-refractivity contribution in [1.29, 1.82) is 0 Å². The Morgan fingerprint density at radius 1 is 1.10 bits per heavy atom. The van der Waals surface area contributed by atoms with E-state index in [1.165, 1.54) is 10.9 Å². The summed E-state index contributed by atoms with van der Waals surface area (Å²) in [5.41, 5.74) is 0.471. The average Bonchev–Trinajstić information content (AvgIpc) is 3.07. The zero-order valence-corrected chi connectivity index (χ0v) is 17.7. The number of ether oxygens (including phenoxy) is 2. The van der Waals surface area contributed by atoms with Crippen molar-refractivity contribution in [3.63, 3.8) is 0 Å². The first-order valence-electron chi connectivity index (χ1n) is 9.37. The molecular weight excluding hydrogens is 374 g/mol. The number of alkyl carbamates (subject to hydrolysis) is 1. The summed E-state index contributed by atoms with van der Waals surface area (Å²) in [6.45, 7) is 10.6. The third-order valence-electron chi connectivity index (χ3n) is 3.62. The van der Waals surface area contributed by atoms with Gasteiger partial charge in [-0.15, -0.1) is 0 Å². The number of amides is 1. The number of rotatable bonds is 4. The zero-order chi connectivity index (χ0) is 21.8. The maximum Gasteiger partial charge on any atom is 0.419 e. The van der Waals surface area contributed by atoms with Crippen LogP contribution in [0.5, 0.6) is 0 Å². The number of aromatic nitrogens is 2. The highest BCUT2D eigenvalue weighted by molar-refractivity contribution is 5.73. The summed E-state index contributed by atoms with van der Waals surface area (Å²) in [6, 6.07) is 7.11. The SMILES string of the molecule is CC(C)(C)OC(=O)NCC(O)c1ccccc1-c1cn(C(=O)OC(C)(C)C)cn1. The molecule has 1 heterocycles. The molecule has 0 saturated heterocycles. The third kappa shape index (κ3) is 6.90. The first-order chi connectivity index (χ1) is 13.4. The molecule has 0 aliphatic heterocycles. The van der Waals surface area contributed by atoms with Gasteiger partial charge < -0.3 is 19.9 Å². The third-order valence-corrected chi connectivity index (χ3v) is 3.62. The lowest BCUT2D eigenvalue weighted by molar-refractivity contribution is 0.0489. The maximum atomic E-state index is 12.2. The van der Waals surface area contributed by atoms with Crippen LogP contribution in [0.2, 0.25) is 0 Å². The molecule has 0 bridgehead atoms. The molecule has 8 nitrogen and oxygen atoms in total. The molecule has 0 aliphatic carbocycles. The summed E-state index contributed by atoms with van der Waals surface area (Å²) in [7, 11) is 0. The minimum atomic E-state index is -0.981. The van der Waals surface area contributed by atoms with Crippen molar-refractivity contribution in [1.82, 2.24) is 14.9 Å². The zero-order valence-electron chi connectivity index (χ0n) is 17.7. The van der Waals surface area contributed by atoms with Crippen LogP contribution in [0, 0.1) is 0 Å². The summed E-state index contributed by atoms with van der Waals surface area (Å²) < 4.78 is 11.8. The van der Waals surface area contributed by atoms with Crippen molar-refractivity contribution >= 4 is 12.2 Å². The Kier molecular flexibility index (Phi) is 6.69. The average molecular weight is 403 g/mol. The normalized spacial score (nSPS) is 12.9. The number of hydrogen-bond donors (Lipinski definition) is 2. The van der Waals surface area contributed by atoms with Gasteiger partial charge in [-0.2, -0.15) is 0 Å². The fourth-order valence-electron chi connectivity index (χ4n) is 2.50. The van der Waals surface area contributed by atoms with E-state index in [9.17, 15) is 14.7 Å². The highest BCUT2D eigenvalue weighted by Gasteiger charge is 2.21. The van der Waals surface area contributed by atoms with Crippen molar-refractivity contribution in [2.45, 2.75) is 58.8 Å². The van der Waals surface area contributed by atoms with Crippen LogP contribution in [0.1, 0.15) is 53.2 Å². The highest BCUT2D eigenvalue weighted by atomic mass is 16.6. The molecule has 2 N–H and O–H groups in total. The topological polar surface area (TPSA) is 103 Å². The number of carbonyl (C=O) groups excluding carboxylic acids is 2. The molecule has 0 fully saturated rings. The lowest BCUT2D eigenvalue weighted by Crippen LogP contribution is -2.34. The molecule has 1 aromatic carbocycles. The van der Waals surface area contributed by atoms with Crippen LogP contribution >= 0.6 is 0 Å². The van der Waals surface area contributed by atoms with Crippen molar-refractivity contribution in [3.8, 4) is 11.3 Å². The van der Waals surface area contributed by atoms with Gasteiger partial charge in [-0.1, -0.05) is 24.3 Å². The second kappa shape index (κ2) is 8.65. The molecule has 1 atom stereocenters. The Bertz CT molecular complexity index is 862. The van der Waals surface area contributed by atoms with Gasteiger partial charge in [0.25, 0.3) is 0 Å². The highest BCUT2D eigenvalue weighted by Crippen LogP contribution is 2.27. The molecule has 2 rings (SSSR count). The van der Waals surface area contributed by atoms with Crippen molar-refractivity contribution in [2.24, 2.45) is 0 Å². The van der Waals surface area contributed by atoms with Crippen LogP contribution in [-0.4, -0.2) is 44.6 Å². The Labute approximate surface area is 170 Å². The van der Waals surface area contributed by atoms with Gasteiger partial charge in [0.2, 0.25) is 0 Å². The van der Waals surface area contributed by atoms with Crippen LogP contribution in [0.4, 0.5) is 9.59 Å². The summed E-state index contributed by atoms with van der Waals surface area (Å²) in [4.78, 5) is 28.3. The Morgan fingerprint density at radius 2 is 1.72 bits per heavy atom. The molecule has 29 heavy (non-hydrogen) atoms. The smallest absolute Gasteiger partial charge is 0.419 e. The van der Waals surface area contributed by atoms with Crippen LogP contribution in [0.3, 0.4) is 0 Å². The lowest BCUT2D eigenvalue weighted by Gasteiger charge is -2.21. The molecule has 1 amide bonds. The van der Waals surface area contributed by atoms with E-state index in [1.54, 1.807) is 72.0 Å². The lowest BCUT2D eigenvalue weighted by atomic mass is 10.0. The number of nitrogens with zero attached hydrogens (tertiary/aromatic N) is 2. The Morgan fingerprint density at radius 3 is 2.34 bits per heavy atom. The molecule has 8 heteroatoms. The number of nitrogens with one attached hydrogen (secondary N) is 1. The van der Waals surface area contributed by atoms with Crippen molar-refractivity contribution in [2.75, 3.05) is 6.54 Å². The molecule has 1 unspecified atom stereocenters. The molecule has 2 aromatic rings. The minimum Gasteiger partial charge on any atom is -0.444 e. The van der Waals surface area contributed by atoms with E-state index >= 15 is 0 Å². The quantitative estimate of drug-likeness (QED) is 0.803. The molecular formula is C21H29N3O5. The van der Waals surface area contributed by atoms with Gasteiger partial charge in [-0.05, 0) is 47.1 Å². The van der Waals surface area contributed by atoms with Gasteiger partial charge in [-0.3, -0.25) is 0 Å². The molecule has 1 aromatic heterocycles. The van der Waals surface area contributed by atoms with Crippen LogP contribution in [0.15, 0.2) is 36.8 Å². The number of imidazole rings is 1. The fraction of sp³-hybridized carbons (Fsp3) is 0.476. The van der Waals surface area contributed by atoms with Gasteiger partial charge in [0.05, 0.1) is 18.3 Å². The largest absolute Gasteiger partial charge is 0.444 e. The van der Waals surface area contributed by atoms with Gasteiger partial charge in [0, 0.05) is 11.8 Å². The first kappa shape index (κ1) is 22.4. The van der Waals surface area contributed by atoms with Crippen LogP contribution < -0.4 is 5.32 Å². The van der Waals surface area contributed by atoms with Crippen molar-refractivity contribution in [3.05, 3.63) is 42.4 Å². The number of benzene rings is 1. The van der Waals surface area contributed by atoms with E-state index in [2.05, 4.69) is 10.3 Å². The van der Waals surface area contributed by atoms with E-state index in [0.717, 1.165) is 0 Å². The molecule has 158 valence electrons. The molecule has 0 radical (unpaired) electrons. The number of hydrogen-bond acceptors (Lipinski definition) is 6. The molecule has 0 spiro atoms. The Hall–Kier alpha value is -2.87. The minimum absolute atomic E-state index is 0.0291. The summed E-state index contributed by atoms with van der Waals surface area (Å²) in [5.74, 6) is 0. The van der Waals surface area contributed by atoms with Gasteiger partial charge in [0.15, 0.2) is 0 Å². The monoisotopic (exact) mass is 403 g/mol. The van der Waals surface area contributed by atoms with E-state index in [1.807, 2.05) is 0 Å². The van der Waals surface area contributed by atoms with Crippen molar-refractivity contribution < 1.29 is 24.2 Å². The van der Waals surface area contributed by atoms with Crippen LogP contribution in [0.25, 0.3) is 11.3 Å². The summed E-state index contributed by atoms with van der Waals surface area (Å²) >= 11 is 0. The first-order valence-corrected chi connectivity index (χ1v) is 9.37. The van der Waals surface area contributed by atoms with Gasteiger partial charge in [-0.25, -0.2) is 19.1 Å². The van der Waals surface area contributed by atoms with E-state index < -0.39 is 29.5 Å². The van der Waals surface area contributed by atoms with E-state index in [0.29, 0.717) is 16.8 Å². The fourth-order valence-corrected chi connectivity index (χ4v) is 2.50. The Balaban J connectivity index is 2.15. The number of aliphatic hydroxyl groups excluding tert-OH is 1. The second-order valence-corrected chi connectivity index (χ2v) is 8.63. The standard InChI is InChI=1S/C21H29N3O5/c1-20(2,3)28-18(26)22-11-17(25)15-10-8-7-9-14(15)16-12-24(13-23-16)19(27)29-21(4,5)6/h7-10,12-13,17,25H,11H2,1-6H3,(H,22,26). The maximum absolute atomic E-state index is 12.2. The summed E-state index contributed by atoms with van der Waals surface area (Å²) in [5, 5.41) is 13.1. The molecule has 0 saturated carbocycles. The van der Waals surface area contributed by atoms with E-state index in [-0.39, 0.29) is 6.54 Å². The predicted octanol–water partition coefficient (Wildman–Crippen LogP) is 3.89. The predicted molar refractivity (Wildman–Crippen MR) is 108 cm³/mol.